The first-order chi connectivity index (χ1) is 5.09. The van der Waals surface area contributed by atoms with Gasteiger partial charge in [-0.15, -0.1) is 0 Å². The summed E-state index contributed by atoms with van der Waals surface area (Å²) in [5, 5.41) is 8.53. The van der Waals surface area contributed by atoms with Crippen LogP contribution in [0.25, 0.3) is 0 Å². The Kier molecular flexibility index (Phi) is 4.86. The second-order valence-electron chi connectivity index (χ2n) is 2.98. The Hall–Kier alpha value is -0.570. The van der Waals surface area contributed by atoms with E-state index >= 15 is 0 Å². The van der Waals surface area contributed by atoms with Gasteiger partial charge in [0.25, 0.3) is 0 Å². The molecule has 0 spiro atoms. The lowest BCUT2D eigenvalue weighted by Gasteiger charge is -2.14. The number of aliphatic carboxylic acids is 1. The van der Waals surface area contributed by atoms with Crippen molar-refractivity contribution < 1.29 is 9.90 Å². The van der Waals surface area contributed by atoms with E-state index in [0.717, 1.165) is 19.3 Å². The fraction of sp³-hybridized carbons (Fsp3) is 0.875. The van der Waals surface area contributed by atoms with Crippen LogP contribution in [0.3, 0.4) is 0 Å². The highest BCUT2D eigenvalue weighted by Gasteiger charge is 2.18. The van der Waals surface area contributed by atoms with Gasteiger partial charge in [-0.25, -0.2) is 0 Å². The molecular weight excluding hydrogens is 142 g/mol. The highest BCUT2D eigenvalue weighted by atomic mass is 16.4. The molecule has 0 unspecified atom stereocenters. The summed E-state index contributed by atoms with van der Waals surface area (Å²) in [7, 11) is 0. The van der Waals surface area contributed by atoms with E-state index in [9.17, 15) is 4.79 Å². The molecule has 11 heavy (non-hydrogen) atoms. The molecule has 3 nitrogen and oxygen atoms in total. The molecule has 0 aromatic heterocycles. The number of unbranched alkanes of at least 4 members (excludes halogenated alkanes) is 1. The number of hydrogen-bond acceptors (Lipinski definition) is 2. The van der Waals surface area contributed by atoms with Gasteiger partial charge in [0.1, 0.15) is 6.04 Å². The van der Waals surface area contributed by atoms with Crippen molar-refractivity contribution in [3.63, 3.8) is 0 Å². The van der Waals surface area contributed by atoms with Crippen LogP contribution in [0, 0.1) is 5.92 Å². The van der Waals surface area contributed by atoms with Crippen LogP contribution >= 0.6 is 0 Å². The Bertz CT molecular complexity index is 125. The molecule has 0 heterocycles. The summed E-state index contributed by atoms with van der Waals surface area (Å²) in [6, 6.07) is -0.693. The molecule has 0 saturated carbocycles. The molecule has 0 aromatic carbocycles. The number of hydrogen-bond donors (Lipinski definition) is 2. The van der Waals surface area contributed by atoms with Crippen LogP contribution in [0.2, 0.25) is 0 Å². The van der Waals surface area contributed by atoms with Crippen molar-refractivity contribution in [1.29, 1.82) is 0 Å². The van der Waals surface area contributed by atoms with Crippen LogP contribution in [0.5, 0.6) is 0 Å². The molecule has 0 radical (unpaired) electrons. The smallest absolute Gasteiger partial charge is 0.320 e. The van der Waals surface area contributed by atoms with E-state index in [2.05, 4.69) is 6.92 Å². The first-order valence-corrected chi connectivity index (χ1v) is 4.08. The maximum atomic E-state index is 10.4. The lowest BCUT2D eigenvalue weighted by molar-refractivity contribution is -0.139. The number of rotatable bonds is 5. The van der Waals surface area contributed by atoms with Crippen molar-refractivity contribution in [3.8, 4) is 0 Å². The third-order valence-electron chi connectivity index (χ3n) is 1.91. The highest BCUT2D eigenvalue weighted by molar-refractivity contribution is 5.73. The molecule has 0 rings (SSSR count). The maximum Gasteiger partial charge on any atom is 0.320 e. The summed E-state index contributed by atoms with van der Waals surface area (Å²) in [6.07, 6.45) is 3.06. The van der Waals surface area contributed by atoms with E-state index in [1.165, 1.54) is 0 Å². The van der Waals surface area contributed by atoms with Crippen LogP contribution in [0.4, 0.5) is 0 Å². The molecule has 66 valence electrons. The van der Waals surface area contributed by atoms with Crippen molar-refractivity contribution in [2.45, 2.75) is 39.2 Å². The second-order valence-corrected chi connectivity index (χ2v) is 2.98. The predicted octanol–water partition coefficient (Wildman–Crippen LogP) is 1.22. The first-order valence-electron chi connectivity index (χ1n) is 4.08. The maximum absolute atomic E-state index is 10.4. The predicted molar refractivity (Wildman–Crippen MR) is 44.3 cm³/mol. The standard InChI is InChI=1S/C8H17NO2/c1-3-4-5-6(2)7(9)8(10)11/h6-7H,3-5,9H2,1-2H3,(H,10,11)/t6-,7-/m0/s1. The summed E-state index contributed by atoms with van der Waals surface area (Å²) < 4.78 is 0. The highest BCUT2D eigenvalue weighted by Crippen LogP contribution is 2.10. The zero-order valence-corrected chi connectivity index (χ0v) is 7.21. The molecule has 0 bridgehead atoms. The van der Waals surface area contributed by atoms with Crippen molar-refractivity contribution in [2.24, 2.45) is 11.7 Å². The van der Waals surface area contributed by atoms with E-state index in [1.54, 1.807) is 0 Å². The van der Waals surface area contributed by atoms with Crippen LogP contribution in [0.1, 0.15) is 33.1 Å². The third kappa shape index (κ3) is 3.98. The van der Waals surface area contributed by atoms with Gasteiger partial charge in [-0.05, 0) is 12.3 Å². The van der Waals surface area contributed by atoms with Gasteiger partial charge in [-0.2, -0.15) is 0 Å². The number of nitrogens with two attached hydrogens (primary N) is 1. The van der Waals surface area contributed by atoms with Crippen LogP contribution < -0.4 is 5.73 Å². The molecule has 0 aliphatic rings. The van der Waals surface area contributed by atoms with E-state index in [-0.39, 0.29) is 5.92 Å². The van der Waals surface area contributed by atoms with Gasteiger partial charge in [0.2, 0.25) is 0 Å². The van der Waals surface area contributed by atoms with Crippen LogP contribution in [0.15, 0.2) is 0 Å². The van der Waals surface area contributed by atoms with Crippen LogP contribution in [-0.2, 0) is 4.79 Å². The Balaban J connectivity index is 3.63. The molecule has 0 aliphatic carbocycles. The fourth-order valence-corrected chi connectivity index (χ4v) is 0.949. The van der Waals surface area contributed by atoms with Crippen molar-refractivity contribution in [3.05, 3.63) is 0 Å². The topological polar surface area (TPSA) is 63.3 Å². The SMILES string of the molecule is CCCC[C@H](C)[C@H](N)C(=O)O. The van der Waals surface area contributed by atoms with E-state index in [1.807, 2.05) is 6.92 Å². The van der Waals surface area contributed by atoms with Crippen molar-refractivity contribution in [2.75, 3.05) is 0 Å². The molecule has 0 fully saturated rings. The minimum absolute atomic E-state index is 0.0902. The minimum Gasteiger partial charge on any atom is -0.480 e. The average Bonchev–Trinajstić information content (AvgIpc) is 1.98. The summed E-state index contributed by atoms with van der Waals surface area (Å²) in [5.74, 6) is -0.805. The summed E-state index contributed by atoms with van der Waals surface area (Å²) >= 11 is 0. The number of carboxylic acid groups (broad SMARTS) is 1. The Labute approximate surface area is 67.6 Å². The monoisotopic (exact) mass is 159 g/mol. The molecule has 2 atom stereocenters. The second kappa shape index (κ2) is 5.13. The average molecular weight is 159 g/mol. The molecule has 3 heteroatoms. The lowest BCUT2D eigenvalue weighted by Crippen LogP contribution is -2.36. The van der Waals surface area contributed by atoms with Crippen LogP contribution in [-0.4, -0.2) is 17.1 Å². The van der Waals surface area contributed by atoms with Gasteiger partial charge in [0.15, 0.2) is 0 Å². The quantitative estimate of drug-likeness (QED) is 0.634. The molecule has 0 saturated heterocycles. The summed E-state index contributed by atoms with van der Waals surface area (Å²) in [4.78, 5) is 10.4. The van der Waals surface area contributed by atoms with Gasteiger partial charge >= 0.3 is 5.97 Å². The van der Waals surface area contributed by atoms with E-state index in [0.29, 0.717) is 0 Å². The fourth-order valence-electron chi connectivity index (χ4n) is 0.949. The molecule has 0 amide bonds. The zero-order valence-electron chi connectivity index (χ0n) is 7.21. The molecular formula is C8H17NO2. The molecule has 3 N–H and O–H groups in total. The van der Waals surface area contributed by atoms with Gasteiger partial charge < -0.3 is 10.8 Å². The van der Waals surface area contributed by atoms with Crippen molar-refractivity contribution >= 4 is 5.97 Å². The van der Waals surface area contributed by atoms with Gasteiger partial charge in [0, 0.05) is 0 Å². The Morgan fingerprint density at radius 2 is 2.18 bits per heavy atom. The largest absolute Gasteiger partial charge is 0.480 e. The Morgan fingerprint density at radius 1 is 1.64 bits per heavy atom. The van der Waals surface area contributed by atoms with Crippen molar-refractivity contribution in [1.82, 2.24) is 0 Å². The van der Waals surface area contributed by atoms with E-state index in [4.69, 9.17) is 10.8 Å². The summed E-state index contributed by atoms with van der Waals surface area (Å²) in [6.45, 7) is 3.97. The van der Waals surface area contributed by atoms with Gasteiger partial charge in [-0.1, -0.05) is 26.7 Å². The van der Waals surface area contributed by atoms with Gasteiger partial charge in [-0.3, -0.25) is 4.79 Å². The van der Waals surface area contributed by atoms with E-state index < -0.39 is 12.0 Å². The number of carboxylic acids is 1. The van der Waals surface area contributed by atoms with Gasteiger partial charge in [0.05, 0.1) is 0 Å². The summed E-state index contributed by atoms with van der Waals surface area (Å²) in [5.41, 5.74) is 5.40. The lowest BCUT2D eigenvalue weighted by atomic mass is 9.97. The minimum atomic E-state index is -0.895. The normalized spacial score (nSPS) is 15.9. The molecule has 0 aliphatic heterocycles. The number of carbonyl (C=O) groups is 1. The third-order valence-corrected chi connectivity index (χ3v) is 1.91. The Morgan fingerprint density at radius 3 is 2.55 bits per heavy atom. The zero-order chi connectivity index (χ0) is 8.85. The molecule has 0 aromatic rings. The first kappa shape index (κ1) is 10.4.